The first-order valence-corrected chi connectivity index (χ1v) is 6.89. The van der Waals surface area contributed by atoms with Crippen LogP contribution in [0.5, 0.6) is 0 Å². The summed E-state index contributed by atoms with van der Waals surface area (Å²) in [5.74, 6) is 0.829. The third-order valence-corrected chi connectivity index (χ3v) is 3.12. The summed E-state index contributed by atoms with van der Waals surface area (Å²) >= 11 is 0. The monoisotopic (exact) mass is 267 g/mol. The molecule has 1 amide bonds. The first-order chi connectivity index (χ1) is 9.34. The molecule has 1 aliphatic rings. The molecule has 0 bridgehead atoms. The highest BCUT2D eigenvalue weighted by Crippen LogP contribution is 2.15. The Balaban J connectivity index is 1.49. The molecule has 1 aromatic heterocycles. The van der Waals surface area contributed by atoms with Crippen LogP contribution in [0.3, 0.4) is 0 Å². The van der Waals surface area contributed by atoms with E-state index in [9.17, 15) is 4.79 Å². The Bertz CT molecular complexity index is 358. The van der Waals surface area contributed by atoms with Gasteiger partial charge in [0.2, 0.25) is 5.91 Å². The topological polar surface area (TPSA) is 60.7 Å². The molecule has 0 saturated carbocycles. The number of hydrogen-bond acceptors (Lipinski definition) is 4. The van der Waals surface area contributed by atoms with Crippen molar-refractivity contribution in [1.82, 2.24) is 5.48 Å². The molecule has 2 rings (SSSR count). The van der Waals surface area contributed by atoms with Crippen molar-refractivity contribution in [3.05, 3.63) is 24.2 Å². The molecule has 1 fully saturated rings. The van der Waals surface area contributed by atoms with Gasteiger partial charge in [-0.1, -0.05) is 0 Å². The Hall–Kier alpha value is -1.33. The van der Waals surface area contributed by atoms with Crippen molar-refractivity contribution in [2.24, 2.45) is 0 Å². The highest BCUT2D eigenvalue weighted by molar-refractivity contribution is 5.75. The second-order valence-corrected chi connectivity index (χ2v) is 4.75. The van der Waals surface area contributed by atoms with Gasteiger partial charge in [-0.15, -0.1) is 0 Å². The van der Waals surface area contributed by atoms with Crippen molar-refractivity contribution in [2.75, 3.05) is 13.2 Å². The predicted molar refractivity (Wildman–Crippen MR) is 69.3 cm³/mol. The van der Waals surface area contributed by atoms with E-state index in [2.05, 4.69) is 5.48 Å². The minimum atomic E-state index is -0.107. The number of ether oxygens (including phenoxy) is 1. The molecule has 5 heteroatoms. The van der Waals surface area contributed by atoms with Crippen LogP contribution in [0.1, 0.15) is 37.9 Å². The lowest BCUT2D eigenvalue weighted by atomic mass is 10.1. The zero-order valence-corrected chi connectivity index (χ0v) is 11.1. The van der Waals surface area contributed by atoms with E-state index in [4.69, 9.17) is 14.0 Å². The Kier molecular flexibility index (Phi) is 5.91. The molecule has 5 nitrogen and oxygen atoms in total. The molecule has 1 saturated heterocycles. The molecule has 1 aromatic rings. The predicted octanol–water partition coefficient (Wildman–Crippen LogP) is 2.22. The number of hydroxylamine groups is 1. The number of rotatable bonds is 7. The number of amides is 1. The number of hydrogen-bond donors (Lipinski definition) is 1. The maximum absolute atomic E-state index is 11.6. The van der Waals surface area contributed by atoms with Crippen LogP contribution in [0.4, 0.5) is 0 Å². The Morgan fingerprint density at radius 2 is 2.42 bits per heavy atom. The standard InChI is InChI=1S/C14H21NO4/c16-14(11-13-5-1-2-8-18-13)15-19-10-4-7-12-6-3-9-17-12/h3,6,9,13H,1-2,4-5,7-8,10-11H2,(H,15,16). The van der Waals surface area contributed by atoms with Crippen LogP contribution in [0, 0.1) is 0 Å². The van der Waals surface area contributed by atoms with E-state index in [1.807, 2.05) is 12.1 Å². The lowest BCUT2D eigenvalue weighted by molar-refractivity contribution is -0.137. The normalized spacial score (nSPS) is 19.3. The molecule has 0 radical (unpaired) electrons. The van der Waals surface area contributed by atoms with Crippen LogP contribution in [0.2, 0.25) is 0 Å². The van der Waals surface area contributed by atoms with Crippen molar-refractivity contribution in [3.63, 3.8) is 0 Å². The first-order valence-electron chi connectivity index (χ1n) is 6.89. The minimum Gasteiger partial charge on any atom is -0.469 e. The molecule has 1 N–H and O–H groups in total. The minimum absolute atomic E-state index is 0.0560. The van der Waals surface area contributed by atoms with Crippen LogP contribution in [0.15, 0.2) is 22.8 Å². The Morgan fingerprint density at radius 1 is 1.47 bits per heavy atom. The molecule has 106 valence electrons. The zero-order chi connectivity index (χ0) is 13.3. The van der Waals surface area contributed by atoms with Gasteiger partial charge in [0.15, 0.2) is 0 Å². The van der Waals surface area contributed by atoms with Gasteiger partial charge in [-0.25, -0.2) is 5.48 Å². The van der Waals surface area contributed by atoms with Crippen LogP contribution in [-0.2, 0) is 20.8 Å². The molecule has 2 heterocycles. The van der Waals surface area contributed by atoms with Crippen LogP contribution < -0.4 is 5.48 Å². The quantitative estimate of drug-likeness (QED) is 0.608. The van der Waals surface area contributed by atoms with E-state index in [1.165, 1.54) is 0 Å². The van der Waals surface area contributed by atoms with Gasteiger partial charge < -0.3 is 9.15 Å². The molecular formula is C14H21NO4. The van der Waals surface area contributed by atoms with Gasteiger partial charge in [-0.05, 0) is 37.8 Å². The average Bonchev–Trinajstić information content (AvgIpc) is 2.92. The maximum Gasteiger partial charge on any atom is 0.246 e. The van der Waals surface area contributed by atoms with E-state index in [0.717, 1.165) is 44.5 Å². The smallest absolute Gasteiger partial charge is 0.246 e. The summed E-state index contributed by atoms with van der Waals surface area (Å²) in [6, 6.07) is 3.79. The number of carbonyl (C=O) groups excluding carboxylic acids is 1. The number of nitrogens with one attached hydrogen (secondary N) is 1. The second kappa shape index (κ2) is 7.96. The highest BCUT2D eigenvalue weighted by Gasteiger charge is 2.17. The molecule has 19 heavy (non-hydrogen) atoms. The largest absolute Gasteiger partial charge is 0.469 e. The van der Waals surface area contributed by atoms with Gasteiger partial charge in [-0.2, -0.15) is 0 Å². The molecular weight excluding hydrogens is 246 g/mol. The number of furan rings is 1. The summed E-state index contributed by atoms with van der Waals surface area (Å²) in [6.45, 7) is 1.25. The molecule has 1 unspecified atom stereocenters. The highest BCUT2D eigenvalue weighted by atomic mass is 16.6. The summed E-state index contributed by atoms with van der Waals surface area (Å²) in [5, 5.41) is 0. The number of aryl methyl sites for hydroxylation is 1. The van der Waals surface area contributed by atoms with Crippen LogP contribution in [-0.4, -0.2) is 25.2 Å². The first kappa shape index (κ1) is 14.1. The van der Waals surface area contributed by atoms with Gasteiger partial charge in [0.25, 0.3) is 0 Å². The average molecular weight is 267 g/mol. The number of carbonyl (C=O) groups is 1. The van der Waals surface area contributed by atoms with Gasteiger partial charge in [0.1, 0.15) is 5.76 Å². The van der Waals surface area contributed by atoms with Crippen molar-refractivity contribution < 1.29 is 18.8 Å². The zero-order valence-electron chi connectivity index (χ0n) is 11.1. The Labute approximate surface area is 113 Å². The van der Waals surface area contributed by atoms with E-state index in [0.29, 0.717) is 13.0 Å². The fourth-order valence-corrected chi connectivity index (χ4v) is 2.12. The van der Waals surface area contributed by atoms with Gasteiger partial charge in [-0.3, -0.25) is 9.63 Å². The van der Waals surface area contributed by atoms with Crippen molar-refractivity contribution in [2.45, 2.75) is 44.6 Å². The second-order valence-electron chi connectivity index (χ2n) is 4.75. The van der Waals surface area contributed by atoms with E-state index >= 15 is 0 Å². The summed E-state index contributed by atoms with van der Waals surface area (Å²) in [5.41, 5.74) is 2.46. The SMILES string of the molecule is O=C(CC1CCCCO1)NOCCCc1ccco1. The fraction of sp³-hybridized carbons (Fsp3) is 0.643. The molecule has 0 aliphatic carbocycles. The summed E-state index contributed by atoms with van der Waals surface area (Å²) in [7, 11) is 0. The molecule has 1 aliphatic heterocycles. The summed E-state index contributed by atoms with van der Waals surface area (Å²) in [6.07, 6.45) is 6.93. The summed E-state index contributed by atoms with van der Waals surface area (Å²) < 4.78 is 10.7. The van der Waals surface area contributed by atoms with Crippen LogP contribution in [0.25, 0.3) is 0 Å². The maximum atomic E-state index is 11.6. The summed E-state index contributed by atoms with van der Waals surface area (Å²) in [4.78, 5) is 16.7. The van der Waals surface area contributed by atoms with Crippen molar-refractivity contribution in [3.8, 4) is 0 Å². The van der Waals surface area contributed by atoms with E-state index < -0.39 is 0 Å². The van der Waals surface area contributed by atoms with Gasteiger partial charge >= 0.3 is 0 Å². The third kappa shape index (κ3) is 5.44. The van der Waals surface area contributed by atoms with Crippen molar-refractivity contribution in [1.29, 1.82) is 0 Å². The van der Waals surface area contributed by atoms with E-state index in [-0.39, 0.29) is 12.0 Å². The molecule has 0 spiro atoms. The lowest BCUT2D eigenvalue weighted by Gasteiger charge is -2.21. The van der Waals surface area contributed by atoms with E-state index in [1.54, 1.807) is 6.26 Å². The van der Waals surface area contributed by atoms with Gasteiger partial charge in [0.05, 0.1) is 25.4 Å². The van der Waals surface area contributed by atoms with Crippen LogP contribution >= 0.6 is 0 Å². The van der Waals surface area contributed by atoms with Crippen molar-refractivity contribution >= 4 is 5.91 Å². The molecule has 0 aromatic carbocycles. The third-order valence-electron chi connectivity index (χ3n) is 3.12. The lowest BCUT2D eigenvalue weighted by Crippen LogP contribution is -2.30. The fourth-order valence-electron chi connectivity index (χ4n) is 2.12. The molecule has 1 atom stereocenters. The van der Waals surface area contributed by atoms with Gasteiger partial charge in [0, 0.05) is 13.0 Å². The Morgan fingerprint density at radius 3 is 3.16 bits per heavy atom.